The monoisotopic (exact) mass is 216 g/mol. The van der Waals surface area contributed by atoms with E-state index in [1.54, 1.807) is 12.5 Å². The average molecular weight is 216 g/mol. The van der Waals surface area contributed by atoms with Crippen LogP contribution in [0.2, 0.25) is 0 Å². The number of aliphatic hydroxyl groups is 1. The zero-order valence-corrected chi connectivity index (χ0v) is 9.54. The van der Waals surface area contributed by atoms with Crippen molar-refractivity contribution in [1.29, 1.82) is 0 Å². The smallest absolute Gasteiger partial charge is 0.0994 e. The summed E-state index contributed by atoms with van der Waals surface area (Å²) in [5.74, 6) is 0. The fourth-order valence-electron chi connectivity index (χ4n) is 1.72. The number of imidazole rings is 1. The van der Waals surface area contributed by atoms with E-state index in [0.29, 0.717) is 0 Å². The summed E-state index contributed by atoms with van der Waals surface area (Å²) in [6.45, 7) is 4.02. The van der Waals surface area contributed by atoms with Crippen LogP contribution in [0.25, 0.3) is 0 Å². The highest BCUT2D eigenvalue weighted by Gasteiger charge is 2.17. The number of aromatic nitrogens is 2. The Hall–Kier alpha value is -1.61. The Morgan fingerprint density at radius 2 is 1.94 bits per heavy atom. The molecule has 0 aliphatic heterocycles. The van der Waals surface area contributed by atoms with Crippen molar-refractivity contribution < 1.29 is 5.11 Å². The van der Waals surface area contributed by atoms with E-state index < -0.39 is 6.10 Å². The molecule has 3 heteroatoms. The molecular formula is C13H16N2O. The third-order valence-corrected chi connectivity index (χ3v) is 2.87. The van der Waals surface area contributed by atoms with Gasteiger partial charge < -0.3 is 9.67 Å². The SMILES string of the molecule is Cc1ccc(C(O)C(C)n2ccnc2)cc1. The minimum atomic E-state index is -0.505. The number of rotatable bonds is 3. The van der Waals surface area contributed by atoms with Gasteiger partial charge in [-0.05, 0) is 19.4 Å². The Morgan fingerprint density at radius 1 is 1.25 bits per heavy atom. The van der Waals surface area contributed by atoms with Crippen LogP contribution in [0.4, 0.5) is 0 Å². The molecule has 0 radical (unpaired) electrons. The highest BCUT2D eigenvalue weighted by Crippen LogP contribution is 2.25. The predicted molar refractivity (Wildman–Crippen MR) is 63.1 cm³/mol. The molecule has 0 saturated carbocycles. The molecule has 0 spiro atoms. The van der Waals surface area contributed by atoms with Crippen molar-refractivity contribution in [2.75, 3.05) is 0 Å². The Bertz CT molecular complexity index is 433. The maximum atomic E-state index is 10.2. The molecule has 1 aromatic heterocycles. The first-order valence-electron chi connectivity index (χ1n) is 5.40. The topological polar surface area (TPSA) is 38.0 Å². The summed E-state index contributed by atoms with van der Waals surface area (Å²) in [6.07, 6.45) is 4.80. The summed E-state index contributed by atoms with van der Waals surface area (Å²) < 4.78 is 1.91. The van der Waals surface area contributed by atoms with Gasteiger partial charge in [-0.3, -0.25) is 0 Å². The van der Waals surface area contributed by atoms with Crippen molar-refractivity contribution >= 4 is 0 Å². The molecule has 2 unspecified atom stereocenters. The van der Waals surface area contributed by atoms with Crippen LogP contribution in [0.1, 0.15) is 30.2 Å². The molecule has 16 heavy (non-hydrogen) atoms. The quantitative estimate of drug-likeness (QED) is 0.856. The van der Waals surface area contributed by atoms with E-state index in [9.17, 15) is 5.11 Å². The van der Waals surface area contributed by atoms with Crippen LogP contribution >= 0.6 is 0 Å². The van der Waals surface area contributed by atoms with Crippen LogP contribution in [0.5, 0.6) is 0 Å². The molecule has 0 fully saturated rings. The first-order chi connectivity index (χ1) is 7.68. The minimum absolute atomic E-state index is 0.00907. The molecule has 84 valence electrons. The summed E-state index contributed by atoms with van der Waals surface area (Å²) in [5.41, 5.74) is 2.14. The molecule has 0 amide bonds. The van der Waals surface area contributed by atoms with Crippen molar-refractivity contribution in [3.05, 3.63) is 54.1 Å². The minimum Gasteiger partial charge on any atom is -0.386 e. The molecule has 2 rings (SSSR count). The van der Waals surface area contributed by atoms with Gasteiger partial charge in [-0.25, -0.2) is 4.98 Å². The third kappa shape index (κ3) is 2.14. The normalized spacial score (nSPS) is 14.7. The third-order valence-electron chi connectivity index (χ3n) is 2.87. The molecule has 3 nitrogen and oxygen atoms in total. The highest BCUT2D eigenvalue weighted by atomic mass is 16.3. The number of hydrogen-bond acceptors (Lipinski definition) is 2. The van der Waals surface area contributed by atoms with Gasteiger partial charge in [0.05, 0.1) is 18.5 Å². The van der Waals surface area contributed by atoms with Crippen LogP contribution in [-0.2, 0) is 0 Å². The van der Waals surface area contributed by atoms with Crippen molar-refractivity contribution in [2.45, 2.75) is 26.0 Å². The van der Waals surface area contributed by atoms with Gasteiger partial charge in [0, 0.05) is 12.4 Å². The van der Waals surface area contributed by atoms with E-state index in [2.05, 4.69) is 4.98 Å². The summed E-state index contributed by atoms with van der Waals surface area (Å²) in [6, 6.07) is 7.95. The van der Waals surface area contributed by atoms with Crippen LogP contribution in [-0.4, -0.2) is 14.7 Å². The molecule has 1 aromatic carbocycles. The maximum absolute atomic E-state index is 10.2. The summed E-state index contributed by atoms with van der Waals surface area (Å²) in [5, 5.41) is 10.2. The lowest BCUT2D eigenvalue weighted by atomic mass is 10.0. The Morgan fingerprint density at radius 3 is 2.50 bits per heavy atom. The van der Waals surface area contributed by atoms with E-state index in [4.69, 9.17) is 0 Å². The van der Waals surface area contributed by atoms with Crippen molar-refractivity contribution in [3.8, 4) is 0 Å². The largest absolute Gasteiger partial charge is 0.386 e. The number of aryl methyl sites for hydroxylation is 1. The molecule has 0 aliphatic carbocycles. The van der Waals surface area contributed by atoms with Crippen LogP contribution in [0.3, 0.4) is 0 Å². The van der Waals surface area contributed by atoms with Gasteiger partial charge in [0.25, 0.3) is 0 Å². The molecular weight excluding hydrogens is 200 g/mol. The van der Waals surface area contributed by atoms with Gasteiger partial charge in [0.2, 0.25) is 0 Å². The summed E-state index contributed by atoms with van der Waals surface area (Å²) in [7, 11) is 0. The second-order valence-electron chi connectivity index (χ2n) is 4.11. The lowest BCUT2D eigenvalue weighted by Gasteiger charge is -2.20. The summed E-state index contributed by atoms with van der Waals surface area (Å²) >= 11 is 0. The second kappa shape index (κ2) is 4.49. The molecule has 0 bridgehead atoms. The molecule has 2 aromatic rings. The van der Waals surface area contributed by atoms with Crippen LogP contribution < -0.4 is 0 Å². The van der Waals surface area contributed by atoms with Crippen molar-refractivity contribution in [3.63, 3.8) is 0 Å². The molecule has 0 saturated heterocycles. The number of nitrogens with zero attached hydrogens (tertiary/aromatic N) is 2. The fourth-order valence-corrected chi connectivity index (χ4v) is 1.72. The van der Waals surface area contributed by atoms with Crippen LogP contribution in [0.15, 0.2) is 43.0 Å². The van der Waals surface area contributed by atoms with E-state index in [-0.39, 0.29) is 6.04 Å². The Labute approximate surface area is 95.4 Å². The van der Waals surface area contributed by atoms with Gasteiger partial charge in [0.1, 0.15) is 0 Å². The Kier molecular flexibility index (Phi) is 3.06. The van der Waals surface area contributed by atoms with Gasteiger partial charge in [-0.1, -0.05) is 29.8 Å². The second-order valence-corrected chi connectivity index (χ2v) is 4.11. The van der Waals surface area contributed by atoms with E-state index in [1.165, 1.54) is 5.56 Å². The number of aliphatic hydroxyl groups excluding tert-OH is 1. The Balaban J connectivity index is 2.19. The van der Waals surface area contributed by atoms with Crippen LogP contribution in [0, 0.1) is 6.92 Å². The van der Waals surface area contributed by atoms with E-state index in [0.717, 1.165) is 5.56 Å². The standard InChI is InChI=1S/C13H16N2O/c1-10-3-5-12(6-4-10)13(16)11(2)15-8-7-14-9-15/h3-9,11,13,16H,1-2H3. The molecule has 1 N–H and O–H groups in total. The predicted octanol–water partition coefficient (Wildman–Crippen LogP) is 2.49. The maximum Gasteiger partial charge on any atom is 0.0994 e. The molecule has 2 atom stereocenters. The highest BCUT2D eigenvalue weighted by molar-refractivity contribution is 5.23. The first-order valence-corrected chi connectivity index (χ1v) is 5.40. The van der Waals surface area contributed by atoms with E-state index >= 15 is 0 Å². The zero-order valence-electron chi connectivity index (χ0n) is 9.54. The van der Waals surface area contributed by atoms with Crippen molar-refractivity contribution in [2.24, 2.45) is 0 Å². The molecule has 0 aliphatic rings. The van der Waals surface area contributed by atoms with E-state index in [1.807, 2.05) is 48.9 Å². The average Bonchev–Trinajstić information content (AvgIpc) is 2.81. The number of hydrogen-bond donors (Lipinski definition) is 1. The van der Waals surface area contributed by atoms with Gasteiger partial charge >= 0.3 is 0 Å². The fraction of sp³-hybridized carbons (Fsp3) is 0.308. The first kappa shape index (κ1) is 10.9. The molecule has 1 heterocycles. The van der Waals surface area contributed by atoms with Gasteiger partial charge in [-0.2, -0.15) is 0 Å². The lowest BCUT2D eigenvalue weighted by Crippen LogP contribution is -2.13. The van der Waals surface area contributed by atoms with Gasteiger partial charge in [0.15, 0.2) is 0 Å². The number of benzene rings is 1. The van der Waals surface area contributed by atoms with Crippen molar-refractivity contribution in [1.82, 2.24) is 9.55 Å². The van der Waals surface area contributed by atoms with Gasteiger partial charge in [-0.15, -0.1) is 0 Å². The summed E-state index contributed by atoms with van der Waals surface area (Å²) in [4.78, 5) is 3.99. The zero-order chi connectivity index (χ0) is 11.5. The lowest BCUT2D eigenvalue weighted by molar-refractivity contribution is 0.122.